The number of carbonyl (C=O) groups excluding carboxylic acids is 1. The van der Waals surface area contributed by atoms with Gasteiger partial charge in [-0.1, -0.05) is 30.3 Å². The maximum Gasteiger partial charge on any atom is 0.305 e. The Morgan fingerprint density at radius 3 is 2.61 bits per heavy atom. The Morgan fingerprint density at radius 2 is 1.82 bits per heavy atom. The van der Waals surface area contributed by atoms with Crippen molar-refractivity contribution in [1.29, 1.82) is 0 Å². The van der Waals surface area contributed by atoms with E-state index in [1.54, 1.807) is 12.1 Å². The summed E-state index contributed by atoms with van der Waals surface area (Å²) < 4.78 is 11.1. The minimum absolute atomic E-state index is 0.161. The summed E-state index contributed by atoms with van der Waals surface area (Å²) in [4.78, 5) is 12.2. The first-order valence-electron chi connectivity index (χ1n) is 8.72. The molecule has 3 N–H and O–H groups in total. The van der Waals surface area contributed by atoms with Crippen LogP contribution < -0.4 is 20.9 Å². The third kappa shape index (κ3) is 5.34. The van der Waals surface area contributed by atoms with Crippen molar-refractivity contribution < 1.29 is 13.9 Å². The van der Waals surface area contributed by atoms with Crippen molar-refractivity contribution in [3.05, 3.63) is 83.3 Å². The van der Waals surface area contributed by atoms with Crippen molar-refractivity contribution in [2.75, 3.05) is 5.32 Å². The van der Waals surface area contributed by atoms with Gasteiger partial charge in [-0.15, -0.1) is 0 Å². The average Bonchev–Trinajstić information content (AvgIpc) is 3.17. The molecule has 0 atom stereocenters. The summed E-state index contributed by atoms with van der Waals surface area (Å²) in [5.74, 6) is 1.00. The molecule has 0 fully saturated rings. The molecule has 0 aliphatic carbocycles. The first-order chi connectivity index (χ1) is 13.5. The van der Waals surface area contributed by atoms with Crippen LogP contribution in [0.5, 0.6) is 5.75 Å². The molecule has 0 bridgehead atoms. The molecule has 144 valence electrons. The van der Waals surface area contributed by atoms with Gasteiger partial charge >= 0.3 is 5.91 Å². The average molecular weight is 395 g/mol. The van der Waals surface area contributed by atoms with Gasteiger partial charge in [0.1, 0.15) is 18.1 Å². The molecule has 0 spiro atoms. The number of thiocarbonyl (C=S) groups is 1. The van der Waals surface area contributed by atoms with Crippen molar-refractivity contribution in [3.8, 4) is 5.75 Å². The summed E-state index contributed by atoms with van der Waals surface area (Å²) in [6, 6.07) is 18.7. The summed E-state index contributed by atoms with van der Waals surface area (Å²) in [6.07, 6.45) is 0. The zero-order chi connectivity index (χ0) is 19.9. The van der Waals surface area contributed by atoms with Crippen LogP contribution in [0.2, 0.25) is 0 Å². The van der Waals surface area contributed by atoms with Gasteiger partial charge in [0, 0.05) is 5.69 Å². The quantitative estimate of drug-likeness (QED) is 0.446. The van der Waals surface area contributed by atoms with Gasteiger partial charge in [0.2, 0.25) is 0 Å². The molecule has 0 aliphatic heterocycles. The molecule has 1 amide bonds. The highest BCUT2D eigenvalue weighted by Gasteiger charge is 2.12. The maximum atomic E-state index is 12.2. The molecule has 2 aromatic carbocycles. The largest absolute Gasteiger partial charge is 0.486 e. The standard InChI is InChI=1S/C21H21N3O3S/c1-14-8-9-15(2)18(12-14)22-21(28)24-23-20(25)19-11-10-17(27-19)13-26-16-6-4-3-5-7-16/h3-12H,13H2,1-2H3,(H,23,25)(H2,22,24,28). The van der Waals surface area contributed by atoms with Crippen molar-refractivity contribution in [2.45, 2.75) is 20.5 Å². The summed E-state index contributed by atoms with van der Waals surface area (Å²) in [5.41, 5.74) is 8.23. The Bertz CT molecular complexity index is 970. The fourth-order valence-electron chi connectivity index (χ4n) is 2.45. The number of hydrogen-bond donors (Lipinski definition) is 3. The van der Waals surface area contributed by atoms with Crippen LogP contribution in [0.25, 0.3) is 0 Å². The summed E-state index contributed by atoms with van der Waals surface area (Å²) in [5, 5.41) is 3.34. The predicted molar refractivity (Wildman–Crippen MR) is 112 cm³/mol. The number of furan rings is 1. The Kier molecular flexibility index (Phi) is 6.29. The first kappa shape index (κ1) is 19.4. The van der Waals surface area contributed by atoms with E-state index in [9.17, 15) is 4.79 Å². The van der Waals surface area contributed by atoms with E-state index < -0.39 is 5.91 Å². The molecule has 0 aliphatic rings. The number of hydrogen-bond acceptors (Lipinski definition) is 4. The van der Waals surface area contributed by atoms with E-state index in [0.717, 1.165) is 22.6 Å². The zero-order valence-corrected chi connectivity index (χ0v) is 16.4. The number of rotatable bonds is 5. The van der Waals surface area contributed by atoms with E-state index >= 15 is 0 Å². The van der Waals surface area contributed by atoms with Crippen LogP contribution in [0, 0.1) is 13.8 Å². The molecule has 0 saturated heterocycles. The molecule has 6 nitrogen and oxygen atoms in total. The Morgan fingerprint density at radius 1 is 1.04 bits per heavy atom. The fourth-order valence-corrected chi connectivity index (χ4v) is 2.61. The lowest BCUT2D eigenvalue weighted by molar-refractivity contribution is 0.0912. The van der Waals surface area contributed by atoms with Gasteiger partial charge in [-0.05, 0) is 67.5 Å². The molecule has 3 rings (SSSR count). The molecule has 0 radical (unpaired) electrons. The lowest BCUT2D eigenvalue weighted by Crippen LogP contribution is -2.43. The van der Waals surface area contributed by atoms with Crippen LogP contribution in [-0.2, 0) is 6.61 Å². The minimum Gasteiger partial charge on any atom is -0.486 e. The van der Waals surface area contributed by atoms with Crippen molar-refractivity contribution in [2.24, 2.45) is 0 Å². The van der Waals surface area contributed by atoms with E-state index in [2.05, 4.69) is 16.2 Å². The second-order valence-corrected chi connectivity index (χ2v) is 6.63. The van der Waals surface area contributed by atoms with Crippen LogP contribution in [-0.4, -0.2) is 11.0 Å². The normalized spacial score (nSPS) is 10.2. The molecule has 0 unspecified atom stereocenters. The summed E-state index contributed by atoms with van der Waals surface area (Å²) in [6.45, 7) is 4.21. The van der Waals surface area contributed by atoms with Crippen molar-refractivity contribution >= 4 is 28.9 Å². The molecule has 7 heteroatoms. The molecule has 3 aromatic rings. The van der Waals surface area contributed by atoms with E-state index in [1.165, 1.54) is 0 Å². The van der Waals surface area contributed by atoms with E-state index in [0.29, 0.717) is 5.76 Å². The zero-order valence-electron chi connectivity index (χ0n) is 15.6. The Hall–Kier alpha value is -3.32. The van der Waals surface area contributed by atoms with E-state index in [4.69, 9.17) is 21.4 Å². The van der Waals surface area contributed by atoms with Crippen LogP contribution in [0.3, 0.4) is 0 Å². The van der Waals surface area contributed by atoms with E-state index in [1.807, 2.05) is 62.4 Å². The van der Waals surface area contributed by atoms with Crippen molar-refractivity contribution in [1.82, 2.24) is 10.9 Å². The van der Waals surface area contributed by atoms with Gasteiger partial charge in [-0.25, -0.2) is 0 Å². The summed E-state index contributed by atoms with van der Waals surface area (Å²) in [7, 11) is 0. The van der Waals surface area contributed by atoms with Crippen LogP contribution in [0.15, 0.2) is 65.1 Å². The first-order valence-corrected chi connectivity index (χ1v) is 9.13. The molecular weight excluding hydrogens is 374 g/mol. The maximum absolute atomic E-state index is 12.2. The Labute approximate surface area is 168 Å². The smallest absolute Gasteiger partial charge is 0.305 e. The van der Waals surface area contributed by atoms with Gasteiger partial charge in [-0.2, -0.15) is 0 Å². The number of anilines is 1. The van der Waals surface area contributed by atoms with Crippen molar-refractivity contribution in [3.63, 3.8) is 0 Å². The van der Waals surface area contributed by atoms with Gasteiger partial charge in [0.15, 0.2) is 10.9 Å². The highest BCUT2D eigenvalue weighted by atomic mass is 32.1. The van der Waals surface area contributed by atoms with Crippen LogP contribution >= 0.6 is 12.2 Å². The predicted octanol–water partition coefficient (Wildman–Crippen LogP) is 4.11. The number of amides is 1. The highest BCUT2D eigenvalue weighted by Crippen LogP contribution is 2.16. The third-order valence-corrected chi connectivity index (χ3v) is 4.14. The van der Waals surface area contributed by atoms with Crippen LogP contribution in [0.1, 0.15) is 27.4 Å². The molecular formula is C21H21N3O3S. The monoisotopic (exact) mass is 395 g/mol. The number of ether oxygens (including phenoxy) is 1. The second kappa shape index (κ2) is 9.05. The molecule has 1 aromatic heterocycles. The number of carbonyl (C=O) groups is 1. The lowest BCUT2D eigenvalue weighted by Gasteiger charge is -2.13. The fraction of sp³-hybridized carbons (Fsp3) is 0.143. The van der Waals surface area contributed by atoms with Gasteiger partial charge in [0.05, 0.1) is 0 Å². The lowest BCUT2D eigenvalue weighted by atomic mass is 10.1. The summed E-state index contributed by atoms with van der Waals surface area (Å²) >= 11 is 5.22. The van der Waals surface area contributed by atoms with Gasteiger partial charge in [-0.3, -0.25) is 15.6 Å². The minimum atomic E-state index is -0.434. The third-order valence-electron chi connectivity index (χ3n) is 3.94. The molecule has 1 heterocycles. The second-order valence-electron chi connectivity index (χ2n) is 6.22. The topological polar surface area (TPSA) is 75.5 Å². The van der Waals surface area contributed by atoms with Gasteiger partial charge < -0.3 is 14.5 Å². The molecule has 0 saturated carbocycles. The molecule has 28 heavy (non-hydrogen) atoms. The Balaban J connectivity index is 1.49. The number of nitrogens with one attached hydrogen (secondary N) is 3. The van der Waals surface area contributed by atoms with E-state index in [-0.39, 0.29) is 17.5 Å². The highest BCUT2D eigenvalue weighted by molar-refractivity contribution is 7.80. The SMILES string of the molecule is Cc1ccc(C)c(NC(=S)NNC(=O)c2ccc(COc3ccccc3)o2)c1. The number of para-hydroxylation sites is 1. The number of hydrazine groups is 1. The van der Waals surface area contributed by atoms with Gasteiger partial charge in [0.25, 0.3) is 0 Å². The number of aryl methyl sites for hydroxylation is 2. The van der Waals surface area contributed by atoms with Crippen LogP contribution in [0.4, 0.5) is 5.69 Å². The number of benzene rings is 2.